The molecule has 0 aliphatic heterocycles. The number of pyridine rings is 1. The highest BCUT2D eigenvalue weighted by Crippen LogP contribution is 2.41. The Labute approximate surface area is 177 Å². The summed E-state index contributed by atoms with van der Waals surface area (Å²) in [6.07, 6.45) is 3.25. The Hall–Kier alpha value is -2.76. The number of amides is 1. The number of halogens is 1. The van der Waals surface area contributed by atoms with Crippen LogP contribution in [-0.4, -0.2) is 29.5 Å². The lowest BCUT2D eigenvalue weighted by molar-refractivity contribution is -0.145. The van der Waals surface area contributed by atoms with Gasteiger partial charge in [-0.3, -0.25) is 4.79 Å². The second-order valence-corrected chi connectivity index (χ2v) is 8.22. The van der Waals surface area contributed by atoms with E-state index >= 15 is 0 Å². The molecule has 6 heteroatoms. The molecule has 160 valence electrons. The molecule has 1 amide bonds. The zero-order chi connectivity index (χ0) is 21.7. The molecule has 2 aromatic rings. The van der Waals surface area contributed by atoms with E-state index < -0.39 is 17.9 Å². The zero-order valence-corrected chi connectivity index (χ0v) is 17.8. The fraction of sp³-hybridized carbons (Fsp3) is 0.458. The number of carbonyl (C=O) groups excluding carboxylic acids is 2. The lowest BCUT2D eigenvalue weighted by Gasteiger charge is -2.19. The molecule has 0 unspecified atom stereocenters. The molecule has 1 aliphatic rings. The quantitative estimate of drug-likeness (QED) is 0.620. The summed E-state index contributed by atoms with van der Waals surface area (Å²) in [7, 11) is 0. The lowest BCUT2D eigenvalue weighted by Crippen LogP contribution is -2.43. The fourth-order valence-corrected chi connectivity index (χ4v) is 3.50. The van der Waals surface area contributed by atoms with Gasteiger partial charge in [0.05, 0.1) is 6.61 Å². The largest absolute Gasteiger partial charge is 0.464 e. The van der Waals surface area contributed by atoms with Crippen molar-refractivity contribution in [1.29, 1.82) is 0 Å². The molecule has 1 atom stereocenters. The van der Waals surface area contributed by atoms with Gasteiger partial charge in [-0.15, -0.1) is 0 Å². The molecule has 1 N–H and O–H groups in total. The minimum absolute atomic E-state index is 0.221. The van der Waals surface area contributed by atoms with E-state index in [2.05, 4.69) is 10.3 Å². The van der Waals surface area contributed by atoms with E-state index in [0.29, 0.717) is 18.8 Å². The number of nitrogens with zero attached hydrogens (tertiary/aromatic N) is 1. The Morgan fingerprint density at radius 1 is 1.17 bits per heavy atom. The molecule has 1 fully saturated rings. The smallest absolute Gasteiger partial charge is 0.328 e. The van der Waals surface area contributed by atoms with Crippen molar-refractivity contribution < 1.29 is 18.7 Å². The predicted molar refractivity (Wildman–Crippen MR) is 113 cm³/mol. The summed E-state index contributed by atoms with van der Waals surface area (Å²) in [5.41, 5.74) is 3.18. The molecule has 30 heavy (non-hydrogen) atoms. The molecule has 1 aliphatic carbocycles. The summed E-state index contributed by atoms with van der Waals surface area (Å²) >= 11 is 0. The average Bonchev–Trinajstić information content (AvgIpc) is 3.54. The highest BCUT2D eigenvalue weighted by molar-refractivity contribution is 5.95. The van der Waals surface area contributed by atoms with Gasteiger partial charge in [-0.25, -0.2) is 14.2 Å². The first-order chi connectivity index (χ1) is 14.4. The maximum atomic E-state index is 13.2. The monoisotopic (exact) mass is 412 g/mol. The van der Waals surface area contributed by atoms with Crippen LogP contribution in [0.15, 0.2) is 36.4 Å². The number of rotatable bonds is 9. The predicted octanol–water partition coefficient (Wildman–Crippen LogP) is 4.40. The molecule has 0 spiro atoms. The van der Waals surface area contributed by atoms with Crippen LogP contribution in [0.2, 0.25) is 0 Å². The third kappa shape index (κ3) is 5.88. The number of ether oxygens (including phenoxy) is 1. The SMILES string of the molecule is CCOC(=O)[C@H](CC(C)C)NC(=O)c1ccc(C2CC2)c(Cc2ccc(F)cc2)n1. The van der Waals surface area contributed by atoms with Crippen molar-refractivity contribution in [2.24, 2.45) is 5.92 Å². The molecule has 0 radical (unpaired) electrons. The summed E-state index contributed by atoms with van der Waals surface area (Å²) < 4.78 is 18.3. The Morgan fingerprint density at radius 2 is 1.87 bits per heavy atom. The van der Waals surface area contributed by atoms with Gasteiger partial charge in [0.1, 0.15) is 17.6 Å². The first kappa shape index (κ1) is 21.9. The summed E-state index contributed by atoms with van der Waals surface area (Å²) in [6, 6.07) is 9.30. The van der Waals surface area contributed by atoms with Crippen molar-refractivity contribution >= 4 is 11.9 Å². The summed E-state index contributed by atoms with van der Waals surface area (Å²) in [5, 5.41) is 2.79. The maximum absolute atomic E-state index is 13.2. The van der Waals surface area contributed by atoms with Crippen molar-refractivity contribution in [2.45, 2.75) is 58.4 Å². The van der Waals surface area contributed by atoms with Crippen molar-refractivity contribution in [3.63, 3.8) is 0 Å². The van der Waals surface area contributed by atoms with Gasteiger partial charge >= 0.3 is 5.97 Å². The van der Waals surface area contributed by atoms with Crippen LogP contribution in [0.25, 0.3) is 0 Å². The minimum Gasteiger partial charge on any atom is -0.464 e. The number of nitrogens with one attached hydrogen (secondary N) is 1. The molecule has 0 bridgehead atoms. The van der Waals surface area contributed by atoms with Crippen LogP contribution in [-0.2, 0) is 16.0 Å². The third-order valence-corrected chi connectivity index (χ3v) is 5.13. The number of carbonyl (C=O) groups is 2. The van der Waals surface area contributed by atoms with Crippen LogP contribution >= 0.6 is 0 Å². The van der Waals surface area contributed by atoms with Gasteiger partial charge in [0.15, 0.2) is 0 Å². The molecule has 5 nitrogen and oxygen atoms in total. The Balaban J connectivity index is 1.81. The van der Waals surface area contributed by atoms with Crippen molar-refractivity contribution in [3.8, 4) is 0 Å². The Bertz CT molecular complexity index is 892. The van der Waals surface area contributed by atoms with E-state index in [9.17, 15) is 14.0 Å². The van der Waals surface area contributed by atoms with Gasteiger partial charge in [0.2, 0.25) is 0 Å². The van der Waals surface area contributed by atoms with Gasteiger partial charge in [-0.2, -0.15) is 0 Å². The van der Waals surface area contributed by atoms with E-state index in [1.807, 2.05) is 19.9 Å². The zero-order valence-electron chi connectivity index (χ0n) is 17.8. The minimum atomic E-state index is -0.706. The van der Waals surface area contributed by atoms with E-state index in [1.54, 1.807) is 25.1 Å². The van der Waals surface area contributed by atoms with Crippen LogP contribution in [0, 0.1) is 11.7 Å². The van der Waals surface area contributed by atoms with E-state index in [-0.39, 0.29) is 24.0 Å². The first-order valence-corrected chi connectivity index (χ1v) is 10.6. The van der Waals surface area contributed by atoms with Gasteiger partial charge < -0.3 is 10.1 Å². The number of hydrogen-bond donors (Lipinski definition) is 1. The van der Waals surface area contributed by atoms with E-state index in [0.717, 1.165) is 29.7 Å². The van der Waals surface area contributed by atoms with Crippen LogP contribution in [0.1, 0.15) is 73.3 Å². The Morgan fingerprint density at radius 3 is 2.47 bits per heavy atom. The second-order valence-electron chi connectivity index (χ2n) is 8.22. The van der Waals surface area contributed by atoms with Crippen LogP contribution < -0.4 is 5.32 Å². The lowest BCUT2D eigenvalue weighted by atomic mass is 10.0. The third-order valence-electron chi connectivity index (χ3n) is 5.13. The second kappa shape index (κ2) is 9.83. The average molecular weight is 413 g/mol. The molecule has 0 saturated heterocycles. The number of esters is 1. The molecule has 3 rings (SSSR count). The molecular formula is C24H29FN2O3. The van der Waals surface area contributed by atoms with Crippen molar-refractivity contribution in [1.82, 2.24) is 10.3 Å². The number of hydrogen-bond acceptors (Lipinski definition) is 4. The van der Waals surface area contributed by atoms with Gasteiger partial charge in [-0.1, -0.05) is 32.0 Å². The fourth-order valence-electron chi connectivity index (χ4n) is 3.50. The normalized spacial score (nSPS) is 14.4. The van der Waals surface area contributed by atoms with Gasteiger partial charge in [0.25, 0.3) is 5.91 Å². The molecule has 1 saturated carbocycles. The van der Waals surface area contributed by atoms with Crippen molar-refractivity contribution in [2.75, 3.05) is 6.61 Å². The van der Waals surface area contributed by atoms with Gasteiger partial charge in [0, 0.05) is 12.1 Å². The maximum Gasteiger partial charge on any atom is 0.328 e. The van der Waals surface area contributed by atoms with Crippen molar-refractivity contribution in [3.05, 3.63) is 64.7 Å². The summed E-state index contributed by atoms with van der Waals surface area (Å²) in [6.45, 7) is 5.98. The highest BCUT2D eigenvalue weighted by atomic mass is 19.1. The Kier molecular flexibility index (Phi) is 7.19. The summed E-state index contributed by atoms with van der Waals surface area (Å²) in [4.78, 5) is 29.7. The van der Waals surface area contributed by atoms with Crippen LogP contribution in [0.3, 0.4) is 0 Å². The molecule has 1 aromatic heterocycles. The first-order valence-electron chi connectivity index (χ1n) is 10.6. The molecular weight excluding hydrogens is 383 g/mol. The van der Waals surface area contributed by atoms with Gasteiger partial charge in [-0.05, 0) is 67.3 Å². The number of benzene rings is 1. The van der Waals surface area contributed by atoms with E-state index in [4.69, 9.17) is 4.74 Å². The molecule has 1 aromatic carbocycles. The standard InChI is InChI=1S/C24H29FN2O3/c1-4-30-24(29)22(13-15(2)3)27-23(28)20-12-11-19(17-7-8-17)21(26-20)14-16-5-9-18(25)10-6-16/h5-6,9-12,15,17,22H,4,7-8,13-14H2,1-3H3,(H,27,28)/t22-/m0/s1. The molecule has 1 heterocycles. The highest BCUT2D eigenvalue weighted by Gasteiger charge is 2.28. The number of aromatic nitrogens is 1. The van der Waals surface area contributed by atoms with Crippen LogP contribution in [0.4, 0.5) is 4.39 Å². The summed E-state index contributed by atoms with van der Waals surface area (Å²) in [5.74, 6) is -0.410. The van der Waals surface area contributed by atoms with Crippen LogP contribution in [0.5, 0.6) is 0 Å². The van der Waals surface area contributed by atoms with E-state index in [1.165, 1.54) is 12.1 Å². The topological polar surface area (TPSA) is 68.3 Å².